The molecule has 4 aliphatic carbocycles. The fourth-order valence-corrected chi connectivity index (χ4v) is 7.02. The highest BCUT2D eigenvalue weighted by Crippen LogP contribution is 2.65. The summed E-state index contributed by atoms with van der Waals surface area (Å²) in [5, 5.41) is 0. The molecule has 0 nitrogen and oxygen atoms in total. The van der Waals surface area contributed by atoms with Gasteiger partial charge < -0.3 is 0 Å². The predicted octanol–water partition coefficient (Wildman–Crippen LogP) is 6.29. The first kappa shape index (κ1) is 14.1. The molecule has 0 bridgehead atoms. The molecule has 0 amide bonds. The molecule has 21 heavy (non-hydrogen) atoms. The monoisotopic (exact) mass is 284 g/mol. The van der Waals surface area contributed by atoms with Gasteiger partial charge in [0.25, 0.3) is 0 Å². The third-order valence-corrected chi connectivity index (χ3v) is 8.21. The molecule has 5 atom stereocenters. The Morgan fingerprint density at radius 1 is 1.00 bits per heavy atom. The Bertz CT molecular complexity index is 496. The molecule has 0 heteroatoms. The summed E-state index contributed by atoms with van der Waals surface area (Å²) in [6, 6.07) is 0. The lowest BCUT2D eigenvalue weighted by molar-refractivity contribution is -0.0136. The minimum Gasteiger partial charge on any atom is -0.0879 e. The van der Waals surface area contributed by atoms with Gasteiger partial charge in [-0.1, -0.05) is 43.6 Å². The van der Waals surface area contributed by atoms with Crippen LogP contribution in [-0.4, -0.2) is 0 Å². The second-order valence-corrected chi connectivity index (χ2v) is 8.78. The average Bonchev–Trinajstić information content (AvgIpc) is 2.83. The van der Waals surface area contributed by atoms with Crippen LogP contribution in [0, 0.1) is 28.6 Å². The summed E-state index contributed by atoms with van der Waals surface area (Å²) in [6.07, 6.45) is 18.1. The summed E-state index contributed by atoms with van der Waals surface area (Å²) in [4.78, 5) is 0. The molecule has 0 radical (unpaired) electrons. The number of rotatable bonds is 0. The van der Waals surface area contributed by atoms with Crippen LogP contribution in [0.4, 0.5) is 0 Å². The van der Waals surface area contributed by atoms with E-state index < -0.39 is 0 Å². The highest BCUT2D eigenvalue weighted by molar-refractivity contribution is 5.28. The predicted molar refractivity (Wildman–Crippen MR) is 90.1 cm³/mol. The van der Waals surface area contributed by atoms with Crippen LogP contribution in [0.5, 0.6) is 0 Å². The zero-order valence-corrected chi connectivity index (χ0v) is 14.3. The van der Waals surface area contributed by atoms with Gasteiger partial charge in [0.05, 0.1) is 0 Å². The molecule has 0 N–H and O–H groups in total. The lowest BCUT2D eigenvalue weighted by atomic mass is 9.48. The highest BCUT2D eigenvalue weighted by Gasteiger charge is 2.56. The topological polar surface area (TPSA) is 0 Å². The van der Waals surface area contributed by atoms with E-state index in [1.807, 2.05) is 5.57 Å². The third kappa shape index (κ3) is 1.80. The number of fused-ring (bicyclic) bond motifs is 5. The highest BCUT2D eigenvalue weighted by atomic mass is 14.6. The van der Waals surface area contributed by atoms with Crippen LogP contribution in [0.3, 0.4) is 0 Å². The van der Waals surface area contributed by atoms with Gasteiger partial charge in [-0.3, -0.25) is 0 Å². The van der Waals surface area contributed by atoms with Crippen molar-refractivity contribution in [2.24, 2.45) is 28.6 Å². The van der Waals surface area contributed by atoms with Crippen molar-refractivity contribution < 1.29 is 0 Å². The van der Waals surface area contributed by atoms with Crippen LogP contribution in [0.2, 0.25) is 0 Å². The molecule has 4 rings (SSSR count). The minimum absolute atomic E-state index is 0.548. The van der Waals surface area contributed by atoms with Gasteiger partial charge in [-0.15, -0.1) is 0 Å². The summed E-state index contributed by atoms with van der Waals surface area (Å²) >= 11 is 0. The van der Waals surface area contributed by atoms with E-state index >= 15 is 0 Å². The minimum atomic E-state index is 0.548. The van der Waals surface area contributed by atoms with E-state index in [2.05, 4.69) is 32.9 Å². The first-order valence-electron chi connectivity index (χ1n) is 9.45. The maximum Gasteiger partial charge on any atom is -0.00852 e. The summed E-state index contributed by atoms with van der Waals surface area (Å²) in [5.41, 5.74) is 4.75. The van der Waals surface area contributed by atoms with Gasteiger partial charge in [0.15, 0.2) is 0 Å². The smallest absolute Gasteiger partial charge is 0.00852 e. The summed E-state index contributed by atoms with van der Waals surface area (Å²) < 4.78 is 0. The molecule has 0 aromatic rings. The first-order valence-corrected chi connectivity index (χ1v) is 9.45. The van der Waals surface area contributed by atoms with Crippen molar-refractivity contribution in [3.63, 3.8) is 0 Å². The number of hydrogen-bond donors (Lipinski definition) is 0. The fraction of sp³-hybridized carbons (Fsp3) is 0.810. The Morgan fingerprint density at radius 3 is 2.62 bits per heavy atom. The number of allylic oxidation sites excluding steroid dienone is 4. The third-order valence-electron chi connectivity index (χ3n) is 8.21. The lowest BCUT2D eigenvalue weighted by Crippen LogP contribution is -2.48. The average molecular weight is 284 g/mol. The van der Waals surface area contributed by atoms with Gasteiger partial charge in [0.2, 0.25) is 0 Å². The maximum atomic E-state index is 2.69. The molecule has 0 aromatic carbocycles. The van der Waals surface area contributed by atoms with E-state index in [0.717, 1.165) is 17.8 Å². The Morgan fingerprint density at radius 2 is 1.81 bits per heavy atom. The van der Waals surface area contributed by atoms with Gasteiger partial charge in [-0.05, 0) is 86.9 Å². The molecule has 0 spiro atoms. The molecule has 0 saturated heterocycles. The molecule has 4 aliphatic rings. The molecule has 0 heterocycles. The molecular weight excluding hydrogens is 252 g/mol. The lowest BCUT2D eigenvalue weighted by Gasteiger charge is -2.57. The number of hydrogen-bond acceptors (Lipinski definition) is 0. The van der Waals surface area contributed by atoms with Crippen LogP contribution < -0.4 is 0 Å². The second-order valence-electron chi connectivity index (χ2n) is 8.78. The van der Waals surface area contributed by atoms with Crippen LogP contribution in [0.15, 0.2) is 23.3 Å². The maximum absolute atomic E-state index is 2.69. The Kier molecular flexibility index (Phi) is 3.18. The Hall–Kier alpha value is -0.520. The largest absolute Gasteiger partial charge is 0.0879 e. The van der Waals surface area contributed by atoms with Crippen molar-refractivity contribution >= 4 is 0 Å². The second kappa shape index (κ2) is 4.74. The van der Waals surface area contributed by atoms with Gasteiger partial charge in [0, 0.05) is 0 Å². The molecule has 3 fully saturated rings. The van der Waals surface area contributed by atoms with Gasteiger partial charge >= 0.3 is 0 Å². The summed E-state index contributed by atoms with van der Waals surface area (Å²) in [7, 11) is 0. The van der Waals surface area contributed by atoms with Crippen molar-refractivity contribution in [3.8, 4) is 0 Å². The molecule has 116 valence electrons. The molecule has 3 saturated carbocycles. The van der Waals surface area contributed by atoms with E-state index in [1.165, 1.54) is 57.8 Å². The SMILES string of the molecule is C/C=C1/CCC2C3CC=C4CCCCC4(C)C3CCC12C. The van der Waals surface area contributed by atoms with Crippen molar-refractivity contribution in [1.29, 1.82) is 0 Å². The van der Waals surface area contributed by atoms with Crippen molar-refractivity contribution in [2.75, 3.05) is 0 Å². The van der Waals surface area contributed by atoms with E-state index in [0.29, 0.717) is 10.8 Å². The summed E-state index contributed by atoms with van der Waals surface area (Å²) in [5.74, 6) is 2.94. The standard InChI is InChI=1S/C21H32/c1-4-15-9-11-18-17-10-8-16-7-5-6-13-20(16,2)19(17)12-14-21(15,18)3/h4,8,17-19H,5-7,9-14H2,1-3H3/b15-4-. The van der Waals surface area contributed by atoms with Gasteiger partial charge in [0.1, 0.15) is 0 Å². The van der Waals surface area contributed by atoms with E-state index in [-0.39, 0.29) is 0 Å². The van der Waals surface area contributed by atoms with Crippen LogP contribution in [0.25, 0.3) is 0 Å². The Labute approximate surface area is 131 Å². The van der Waals surface area contributed by atoms with Crippen LogP contribution >= 0.6 is 0 Å². The van der Waals surface area contributed by atoms with E-state index in [4.69, 9.17) is 0 Å². The normalized spacial score (nSPS) is 51.1. The van der Waals surface area contributed by atoms with Gasteiger partial charge in [-0.25, -0.2) is 0 Å². The van der Waals surface area contributed by atoms with Crippen molar-refractivity contribution in [2.45, 2.75) is 78.6 Å². The van der Waals surface area contributed by atoms with Crippen LogP contribution in [-0.2, 0) is 0 Å². The van der Waals surface area contributed by atoms with E-state index in [9.17, 15) is 0 Å². The van der Waals surface area contributed by atoms with Gasteiger partial charge in [-0.2, -0.15) is 0 Å². The quantitative estimate of drug-likeness (QED) is 0.459. The van der Waals surface area contributed by atoms with Crippen molar-refractivity contribution in [3.05, 3.63) is 23.3 Å². The molecule has 0 aliphatic heterocycles. The zero-order chi connectivity index (χ0) is 14.7. The first-order chi connectivity index (χ1) is 10.1. The summed E-state index contributed by atoms with van der Waals surface area (Å²) in [6.45, 7) is 7.50. The Balaban J connectivity index is 1.70. The van der Waals surface area contributed by atoms with Crippen molar-refractivity contribution in [1.82, 2.24) is 0 Å². The zero-order valence-electron chi connectivity index (χ0n) is 14.3. The fourth-order valence-electron chi connectivity index (χ4n) is 7.02. The molecule has 0 aromatic heterocycles. The van der Waals surface area contributed by atoms with E-state index in [1.54, 1.807) is 5.57 Å². The van der Waals surface area contributed by atoms with Crippen LogP contribution in [0.1, 0.15) is 78.6 Å². The molecular formula is C21H32. The molecule has 5 unspecified atom stereocenters.